The lowest BCUT2D eigenvalue weighted by Crippen LogP contribution is -2.03. The van der Waals surface area contributed by atoms with Crippen molar-refractivity contribution >= 4 is 28.6 Å². The first-order valence-electron chi connectivity index (χ1n) is 5.61. The maximum Gasteiger partial charge on any atom is 0.226 e. The Hall–Kier alpha value is -2.34. The summed E-state index contributed by atoms with van der Waals surface area (Å²) in [6, 6.07) is 9.87. The van der Waals surface area contributed by atoms with E-state index in [1.807, 2.05) is 30.3 Å². The van der Waals surface area contributed by atoms with Crippen LogP contribution in [0, 0.1) is 0 Å². The minimum absolute atomic E-state index is 0.0545. The van der Waals surface area contributed by atoms with Crippen LogP contribution in [-0.4, -0.2) is 24.9 Å². The first kappa shape index (κ1) is 11.7. The molecule has 0 atom stereocenters. The molecule has 3 rings (SSSR count). The third kappa shape index (κ3) is 2.30. The molecule has 6 nitrogen and oxygen atoms in total. The number of anilines is 1. The van der Waals surface area contributed by atoms with Crippen LogP contribution in [0.4, 0.5) is 5.82 Å². The molecule has 3 aromatic rings. The number of rotatable bonds is 3. The average Bonchev–Trinajstić information content (AvgIpc) is 2.79. The van der Waals surface area contributed by atoms with Gasteiger partial charge in [-0.2, -0.15) is 14.7 Å². The molecule has 0 saturated heterocycles. The first-order chi connectivity index (χ1) is 9.24. The van der Waals surface area contributed by atoms with E-state index < -0.39 is 0 Å². The van der Waals surface area contributed by atoms with E-state index in [1.54, 1.807) is 0 Å². The SMILES string of the molecule is On1cnc2c(NCc3ccccc3)nc(Cl)nc21. The molecule has 0 aliphatic rings. The van der Waals surface area contributed by atoms with Crippen LogP contribution in [0.2, 0.25) is 5.28 Å². The van der Waals surface area contributed by atoms with E-state index in [4.69, 9.17) is 11.6 Å². The number of nitrogens with zero attached hydrogens (tertiary/aromatic N) is 4. The van der Waals surface area contributed by atoms with Gasteiger partial charge in [-0.15, -0.1) is 0 Å². The lowest BCUT2D eigenvalue weighted by Gasteiger charge is -2.06. The second-order valence-electron chi connectivity index (χ2n) is 3.94. The normalized spacial score (nSPS) is 10.8. The highest BCUT2D eigenvalue weighted by Crippen LogP contribution is 2.20. The van der Waals surface area contributed by atoms with Gasteiger partial charge in [-0.25, -0.2) is 4.98 Å². The van der Waals surface area contributed by atoms with Crippen LogP contribution in [0.25, 0.3) is 11.2 Å². The van der Waals surface area contributed by atoms with Gasteiger partial charge in [0.25, 0.3) is 0 Å². The fourth-order valence-corrected chi connectivity index (χ4v) is 1.93. The molecular formula is C12H10ClN5O. The van der Waals surface area contributed by atoms with Gasteiger partial charge in [0, 0.05) is 6.54 Å². The van der Waals surface area contributed by atoms with E-state index in [0.29, 0.717) is 17.9 Å². The molecule has 2 N–H and O–H groups in total. The maximum atomic E-state index is 9.52. The monoisotopic (exact) mass is 275 g/mol. The van der Waals surface area contributed by atoms with Crippen molar-refractivity contribution in [3.8, 4) is 0 Å². The molecule has 0 fully saturated rings. The highest BCUT2D eigenvalue weighted by atomic mass is 35.5. The zero-order valence-corrected chi connectivity index (χ0v) is 10.5. The summed E-state index contributed by atoms with van der Waals surface area (Å²) < 4.78 is 0.816. The zero-order valence-electron chi connectivity index (χ0n) is 9.79. The Bertz CT molecular complexity index is 713. The topological polar surface area (TPSA) is 75.9 Å². The lowest BCUT2D eigenvalue weighted by molar-refractivity contribution is 0.196. The number of hydrogen-bond donors (Lipinski definition) is 2. The van der Waals surface area contributed by atoms with Crippen molar-refractivity contribution in [3.63, 3.8) is 0 Å². The summed E-state index contributed by atoms with van der Waals surface area (Å²) in [6.45, 7) is 0.585. The Kier molecular flexibility index (Phi) is 2.92. The molecule has 96 valence electrons. The highest BCUT2D eigenvalue weighted by molar-refractivity contribution is 6.28. The molecular weight excluding hydrogens is 266 g/mol. The van der Waals surface area contributed by atoms with Crippen molar-refractivity contribution < 1.29 is 5.21 Å². The number of aromatic nitrogens is 4. The molecule has 0 radical (unpaired) electrons. The van der Waals surface area contributed by atoms with Crippen LogP contribution in [0.15, 0.2) is 36.7 Å². The number of hydrogen-bond acceptors (Lipinski definition) is 5. The zero-order chi connectivity index (χ0) is 13.2. The van der Waals surface area contributed by atoms with Gasteiger partial charge in [0.15, 0.2) is 11.3 Å². The summed E-state index contributed by atoms with van der Waals surface area (Å²) in [6.07, 6.45) is 1.25. The summed E-state index contributed by atoms with van der Waals surface area (Å²) in [5, 5.41) is 12.7. The Morgan fingerprint density at radius 3 is 2.79 bits per heavy atom. The van der Waals surface area contributed by atoms with Crippen molar-refractivity contribution in [2.75, 3.05) is 5.32 Å². The van der Waals surface area contributed by atoms with E-state index >= 15 is 0 Å². The Morgan fingerprint density at radius 1 is 1.21 bits per heavy atom. The maximum absolute atomic E-state index is 9.52. The Balaban J connectivity index is 1.92. The fraction of sp³-hybridized carbons (Fsp3) is 0.0833. The van der Waals surface area contributed by atoms with Crippen LogP contribution in [0.5, 0.6) is 0 Å². The van der Waals surface area contributed by atoms with E-state index in [1.165, 1.54) is 6.33 Å². The fourth-order valence-electron chi connectivity index (χ4n) is 1.77. The third-order valence-electron chi connectivity index (χ3n) is 2.65. The number of imidazole rings is 1. The second-order valence-corrected chi connectivity index (χ2v) is 4.28. The summed E-state index contributed by atoms with van der Waals surface area (Å²) in [7, 11) is 0. The van der Waals surface area contributed by atoms with Gasteiger partial charge in [-0.3, -0.25) is 0 Å². The molecule has 2 heterocycles. The van der Waals surface area contributed by atoms with Crippen molar-refractivity contribution in [2.45, 2.75) is 6.54 Å². The van der Waals surface area contributed by atoms with Gasteiger partial charge in [0.2, 0.25) is 10.9 Å². The quantitative estimate of drug-likeness (QED) is 0.567. The number of benzene rings is 1. The molecule has 0 unspecified atom stereocenters. The second kappa shape index (κ2) is 4.74. The highest BCUT2D eigenvalue weighted by Gasteiger charge is 2.11. The van der Waals surface area contributed by atoms with E-state index in [-0.39, 0.29) is 10.9 Å². The molecule has 7 heteroatoms. The van der Waals surface area contributed by atoms with Crippen LogP contribution in [-0.2, 0) is 6.54 Å². The predicted molar refractivity (Wildman–Crippen MR) is 71.3 cm³/mol. The molecule has 0 aliphatic heterocycles. The minimum atomic E-state index is 0.0545. The van der Waals surface area contributed by atoms with Gasteiger partial charge in [0.05, 0.1) is 0 Å². The standard InChI is InChI=1S/C12H10ClN5O/c13-12-16-10(9-11(17-12)18(19)7-15-9)14-6-8-4-2-1-3-5-8/h1-5,7,19H,6H2,(H,14,16,17). The van der Waals surface area contributed by atoms with Crippen molar-refractivity contribution in [1.82, 2.24) is 19.7 Å². The summed E-state index contributed by atoms with van der Waals surface area (Å²) in [5.74, 6) is 0.492. The molecule has 0 bridgehead atoms. The van der Waals surface area contributed by atoms with Gasteiger partial charge in [0.1, 0.15) is 6.33 Å². The van der Waals surface area contributed by atoms with Gasteiger partial charge in [-0.05, 0) is 17.2 Å². The first-order valence-corrected chi connectivity index (χ1v) is 5.99. The van der Waals surface area contributed by atoms with Crippen molar-refractivity contribution in [3.05, 3.63) is 47.5 Å². The van der Waals surface area contributed by atoms with Crippen molar-refractivity contribution in [1.29, 1.82) is 0 Å². The van der Waals surface area contributed by atoms with Gasteiger partial charge in [-0.1, -0.05) is 30.3 Å². The molecule has 2 aromatic heterocycles. The smallest absolute Gasteiger partial charge is 0.226 e. The lowest BCUT2D eigenvalue weighted by atomic mass is 10.2. The molecule has 0 amide bonds. The van der Waals surface area contributed by atoms with E-state index in [9.17, 15) is 5.21 Å². The summed E-state index contributed by atoms with van der Waals surface area (Å²) in [4.78, 5) is 12.0. The number of fused-ring (bicyclic) bond motifs is 1. The predicted octanol–water partition coefficient (Wildman–Crippen LogP) is 2.33. The largest absolute Gasteiger partial charge is 0.425 e. The van der Waals surface area contributed by atoms with Crippen LogP contribution >= 0.6 is 11.6 Å². The van der Waals surface area contributed by atoms with Gasteiger partial charge < -0.3 is 10.5 Å². The minimum Gasteiger partial charge on any atom is -0.425 e. The summed E-state index contributed by atoms with van der Waals surface area (Å²) >= 11 is 5.82. The third-order valence-corrected chi connectivity index (χ3v) is 2.82. The van der Waals surface area contributed by atoms with Crippen LogP contribution < -0.4 is 5.32 Å². The molecule has 0 aliphatic carbocycles. The summed E-state index contributed by atoms with van der Waals surface area (Å²) in [5.41, 5.74) is 1.85. The Labute approximate surface area is 113 Å². The van der Waals surface area contributed by atoms with E-state index in [0.717, 1.165) is 10.3 Å². The van der Waals surface area contributed by atoms with Gasteiger partial charge >= 0.3 is 0 Å². The van der Waals surface area contributed by atoms with E-state index in [2.05, 4.69) is 20.3 Å². The van der Waals surface area contributed by atoms with Crippen LogP contribution in [0.1, 0.15) is 5.56 Å². The molecule has 19 heavy (non-hydrogen) atoms. The Morgan fingerprint density at radius 2 is 2.00 bits per heavy atom. The van der Waals surface area contributed by atoms with Crippen LogP contribution in [0.3, 0.4) is 0 Å². The average molecular weight is 276 g/mol. The number of halogens is 1. The van der Waals surface area contributed by atoms with Crippen molar-refractivity contribution in [2.24, 2.45) is 0 Å². The molecule has 1 aromatic carbocycles. The molecule has 0 spiro atoms. The number of nitrogens with one attached hydrogen (secondary N) is 1. The molecule has 0 saturated carbocycles.